The van der Waals surface area contributed by atoms with Crippen LogP contribution in [0.3, 0.4) is 0 Å². The van der Waals surface area contributed by atoms with E-state index in [1.165, 1.54) is 0 Å². The molecule has 18 heavy (non-hydrogen) atoms. The Hall–Kier alpha value is -0.130. The van der Waals surface area contributed by atoms with Gasteiger partial charge in [-0.3, -0.25) is 0 Å². The molecule has 0 heterocycles. The van der Waals surface area contributed by atoms with E-state index in [-0.39, 0.29) is 11.8 Å². The molecule has 0 spiro atoms. The van der Waals surface area contributed by atoms with Gasteiger partial charge in [-0.15, -0.1) is 0 Å². The van der Waals surface area contributed by atoms with Crippen molar-refractivity contribution in [1.82, 2.24) is 9.62 Å². The Morgan fingerprint density at radius 2 is 1.72 bits per heavy atom. The SMILES string of the molecule is CCCNCCCS(=O)(=O)N(CC(C)C)C(C)C. The lowest BCUT2D eigenvalue weighted by molar-refractivity contribution is 0.318. The first kappa shape index (κ1) is 17.9. The van der Waals surface area contributed by atoms with Crippen molar-refractivity contribution in [3.63, 3.8) is 0 Å². The Balaban J connectivity index is 4.29. The van der Waals surface area contributed by atoms with E-state index in [2.05, 4.69) is 12.2 Å². The minimum Gasteiger partial charge on any atom is -0.317 e. The molecule has 1 N–H and O–H groups in total. The number of hydrogen-bond donors (Lipinski definition) is 1. The molecule has 0 aromatic heterocycles. The van der Waals surface area contributed by atoms with Gasteiger partial charge < -0.3 is 5.32 Å². The first-order valence-corrected chi connectivity index (χ1v) is 8.62. The molecule has 0 unspecified atom stereocenters. The van der Waals surface area contributed by atoms with Crippen molar-refractivity contribution < 1.29 is 8.42 Å². The number of nitrogens with one attached hydrogen (secondary N) is 1. The summed E-state index contributed by atoms with van der Waals surface area (Å²) in [5, 5.41) is 3.23. The van der Waals surface area contributed by atoms with Gasteiger partial charge in [-0.05, 0) is 45.7 Å². The van der Waals surface area contributed by atoms with Gasteiger partial charge in [0.25, 0.3) is 0 Å². The summed E-state index contributed by atoms with van der Waals surface area (Å²) in [6, 6.07) is 0.0426. The summed E-state index contributed by atoms with van der Waals surface area (Å²) in [5.74, 6) is 0.606. The van der Waals surface area contributed by atoms with Crippen LogP contribution in [0.5, 0.6) is 0 Å². The third-order valence-electron chi connectivity index (χ3n) is 2.66. The maximum atomic E-state index is 12.2. The summed E-state index contributed by atoms with van der Waals surface area (Å²) in [4.78, 5) is 0. The lowest BCUT2D eigenvalue weighted by Crippen LogP contribution is -2.41. The second-order valence-electron chi connectivity index (χ2n) is 5.48. The molecule has 5 heteroatoms. The average Bonchev–Trinajstić information content (AvgIpc) is 2.24. The summed E-state index contributed by atoms with van der Waals surface area (Å²) >= 11 is 0. The molecule has 0 aromatic rings. The van der Waals surface area contributed by atoms with Crippen LogP contribution in [0.25, 0.3) is 0 Å². The third kappa shape index (κ3) is 7.34. The monoisotopic (exact) mass is 278 g/mol. The first-order valence-electron chi connectivity index (χ1n) is 7.01. The molecular weight excluding hydrogens is 248 g/mol. The fourth-order valence-corrected chi connectivity index (χ4v) is 3.72. The van der Waals surface area contributed by atoms with Crippen LogP contribution in [0.15, 0.2) is 0 Å². The zero-order valence-electron chi connectivity index (χ0n) is 12.6. The minimum absolute atomic E-state index is 0.0426. The van der Waals surface area contributed by atoms with Crippen molar-refractivity contribution in [3.8, 4) is 0 Å². The van der Waals surface area contributed by atoms with Gasteiger partial charge in [0.15, 0.2) is 0 Å². The molecule has 0 radical (unpaired) electrons. The van der Waals surface area contributed by atoms with Gasteiger partial charge in [0.2, 0.25) is 10.0 Å². The van der Waals surface area contributed by atoms with Gasteiger partial charge in [-0.2, -0.15) is 4.31 Å². The van der Waals surface area contributed by atoms with E-state index in [9.17, 15) is 8.42 Å². The van der Waals surface area contributed by atoms with Crippen LogP contribution in [0.4, 0.5) is 0 Å². The molecule has 0 saturated carbocycles. The lowest BCUT2D eigenvalue weighted by atomic mass is 10.2. The third-order valence-corrected chi connectivity index (χ3v) is 4.75. The molecule has 0 amide bonds. The fraction of sp³-hybridized carbons (Fsp3) is 1.00. The molecule has 0 aromatic carbocycles. The van der Waals surface area contributed by atoms with Crippen LogP contribution in [0, 0.1) is 5.92 Å². The van der Waals surface area contributed by atoms with E-state index < -0.39 is 10.0 Å². The standard InChI is InChI=1S/C13H30N2O2S/c1-6-8-14-9-7-10-18(16,17)15(13(4)5)11-12(2)3/h12-14H,6-11H2,1-5H3. The van der Waals surface area contributed by atoms with Gasteiger partial charge in [-0.1, -0.05) is 20.8 Å². The quantitative estimate of drug-likeness (QED) is 0.622. The molecule has 0 aliphatic rings. The van der Waals surface area contributed by atoms with Gasteiger partial charge in [0.05, 0.1) is 5.75 Å². The normalized spacial score (nSPS) is 12.9. The molecule has 0 atom stereocenters. The van der Waals surface area contributed by atoms with E-state index >= 15 is 0 Å². The molecule has 0 aliphatic carbocycles. The topological polar surface area (TPSA) is 49.4 Å². The van der Waals surface area contributed by atoms with Crippen LogP contribution >= 0.6 is 0 Å². The second-order valence-corrected chi connectivity index (χ2v) is 7.52. The zero-order valence-corrected chi connectivity index (χ0v) is 13.4. The lowest BCUT2D eigenvalue weighted by Gasteiger charge is -2.27. The summed E-state index contributed by atoms with van der Waals surface area (Å²) in [7, 11) is -3.11. The second kappa shape index (κ2) is 8.88. The van der Waals surface area contributed by atoms with Crippen molar-refractivity contribution in [2.75, 3.05) is 25.4 Å². The average molecular weight is 278 g/mol. The highest BCUT2D eigenvalue weighted by molar-refractivity contribution is 7.89. The summed E-state index contributed by atoms with van der Waals surface area (Å²) < 4.78 is 26.1. The van der Waals surface area contributed by atoms with Crippen LogP contribution in [0.1, 0.15) is 47.5 Å². The van der Waals surface area contributed by atoms with Crippen molar-refractivity contribution in [2.45, 2.75) is 53.5 Å². The fourth-order valence-electron chi connectivity index (χ4n) is 1.80. The molecule has 0 fully saturated rings. The maximum Gasteiger partial charge on any atom is 0.214 e. The van der Waals surface area contributed by atoms with Crippen molar-refractivity contribution in [1.29, 1.82) is 0 Å². The predicted molar refractivity (Wildman–Crippen MR) is 78.2 cm³/mol. The summed E-state index contributed by atoms with van der Waals surface area (Å²) in [5.41, 5.74) is 0. The molecule has 4 nitrogen and oxygen atoms in total. The largest absolute Gasteiger partial charge is 0.317 e. The van der Waals surface area contributed by atoms with E-state index in [0.717, 1.165) is 19.5 Å². The van der Waals surface area contributed by atoms with E-state index in [1.807, 2.05) is 27.7 Å². The van der Waals surface area contributed by atoms with Gasteiger partial charge in [0, 0.05) is 12.6 Å². The Morgan fingerprint density at radius 1 is 1.11 bits per heavy atom. The number of hydrogen-bond acceptors (Lipinski definition) is 3. The zero-order chi connectivity index (χ0) is 14.2. The van der Waals surface area contributed by atoms with Crippen molar-refractivity contribution >= 4 is 10.0 Å². The van der Waals surface area contributed by atoms with Gasteiger partial charge >= 0.3 is 0 Å². The van der Waals surface area contributed by atoms with Crippen LogP contribution in [-0.4, -0.2) is 44.2 Å². The molecule has 0 rings (SSSR count). The van der Waals surface area contributed by atoms with Crippen LogP contribution < -0.4 is 5.32 Å². The smallest absolute Gasteiger partial charge is 0.214 e. The minimum atomic E-state index is -3.11. The number of rotatable bonds is 10. The van der Waals surface area contributed by atoms with Crippen LogP contribution in [-0.2, 0) is 10.0 Å². The highest BCUT2D eigenvalue weighted by atomic mass is 32.2. The van der Waals surface area contributed by atoms with E-state index in [0.29, 0.717) is 18.9 Å². The summed E-state index contributed by atoms with van der Waals surface area (Å²) in [6.45, 7) is 12.4. The van der Waals surface area contributed by atoms with Crippen molar-refractivity contribution in [2.24, 2.45) is 5.92 Å². The number of nitrogens with zero attached hydrogens (tertiary/aromatic N) is 1. The summed E-state index contributed by atoms with van der Waals surface area (Å²) in [6.07, 6.45) is 1.77. The Kier molecular flexibility index (Phi) is 8.82. The Bertz CT molecular complexity index is 300. The molecule has 0 saturated heterocycles. The molecule has 110 valence electrons. The van der Waals surface area contributed by atoms with Crippen LogP contribution in [0.2, 0.25) is 0 Å². The van der Waals surface area contributed by atoms with E-state index in [4.69, 9.17) is 0 Å². The molecule has 0 bridgehead atoms. The van der Waals surface area contributed by atoms with Crippen molar-refractivity contribution in [3.05, 3.63) is 0 Å². The predicted octanol–water partition coefficient (Wildman–Crippen LogP) is 2.07. The Labute approximate surface area is 113 Å². The van der Waals surface area contributed by atoms with Gasteiger partial charge in [-0.25, -0.2) is 8.42 Å². The number of sulfonamides is 1. The molecule has 0 aliphatic heterocycles. The molecular formula is C13H30N2O2S. The first-order chi connectivity index (χ1) is 8.31. The van der Waals surface area contributed by atoms with Gasteiger partial charge in [0.1, 0.15) is 0 Å². The highest BCUT2D eigenvalue weighted by Crippen LogP contribution is 2.11. The highest BCUT2D eigenvalue weighted by Gasteiger charge is 2.24. The Morgan fingerprint density at radius 3 is 2.17 bits per heavy atom. The van der Waals surface area contributed by atoms with E-state index in [1.54, 1.807) is 4.31 Å². The maximum absolute atomic E-state index is 12.2.